The molecule has 0 amide bonds. The van der Waals surface area contributed by atoms with E-state index in [-0.39, 0.29) is 0 Å². The van der Waals surface area contributed by atoms with Gasteiger partial charge >= 0.3 is 0 Å². The van der Waals surface area contributed by atoms with Crippen LogP contribution in [-0.4, -0.2) is 39.3 Å². The van der Waals surface area contributed by atoms with Crippen molar-refractivity contribution in [2.45, 2.75) is 38.5 Å². The van der Waals surface area contributed by atoms with Crippen molar-refractivity contribution in [3.8, 4) is 0 Å². The van der Waals surface area contributed by atoms with Gasteiger partial charge in [0.25, 0.3) is 0 Å². The van der Waals surface area contributed by atoms with E-state index in [4.69, 9.17) is 0 Å². The smallest absolute Gasteiger partial charge is 0.00484 e. The monoisotopic (exact) mass is 213 g/mol. The summed E-state index contributed by atoms with van der Waals surface area (Å²) < 4.78 is 0. The molecule has 1 heterocycles. The van der Waals surface area contributed by atoms with E-state index in [0.29, 0.717) is 0 Å². The zero-order valence-electron chi connectivity index (χ0n) is 9.99. The molecule has 1 rings (SSSR count). The first-order chi connectivity index (χ1) is 7.50. The fourth-order valence-electron chi connectivity index (χ4n) is 1.87. The second-order valence-corrected chi connectivity index (χ2v) is 4.37. The molecule has 3 N–H and O–H groups in total. The fourth-order valence-corrected chi connectivity index (χ4v) is 1.87. The number of rotatable bonds is 0. The highest BCUT2D eigenvalue weighted by molar-refractivity contribution is 4.56. The van der Waals surface area contributed by atoms with Gasteiger partial charge in [0.2, 0.25) is 0 Å². The molecule has 1 aliphatic rings. The number of hydrogen-bond donors (Lipinski definition) is 3. The van der Waals surface area contributed by atoms with Crippen molar-refractivity contribution in [3.05, 3.63) is 0 Å². The topological polar surface area (TPSA) is 36.1 Å². The van der Waals surface area contributed by atoms with E-state index in [1.807, 2.05) is 0 Å². The molecular weight excluding hydrogens is 186 g/mol. The molecule has 0 atom stereocenters. The van der Waals surface area contributed by atoms with Gasteiger partial charge in [-0.2, -0.15) is 0 Å². The molecule has 0 saturated carbocycles. The normalized spacial score (nSPS) is 24.0. The minimum Gasteiger partial charge on any atom is -0.317 e. The standard InChI is InChI=1S/C12H27N3/c1-2-8-14-10-5-6-12-15-11-4-3-9-13-7-1/h13-15H,1-12H2. The van der Waals surface area contributed by atoms with Gasteiger partial charge in [-0.05, 0) is 77.8 Å². The van der Waals surface area contributed by atoms with Crippen LogP contribution >= 0.6 is 0 Å². The van der Waals surface area contributed by atoms with Crippen molar-refractivity contribution in [3.63, 3.8) is 0 Å². The van der Waals surface area contributed by atoms with Gasteiger partial charge in [-0.15, -0.1) is 0 Å². The SMILES string of the molecule is C1CCNCCCCNCCCCNC1. The molecule has 0 spiro atoms. The van der Waals surface area contributed by atoms with Crippen LogP contribution in [0.2, 0.25) is 0 Å². The van der Waals surface area contributed by atoms with E-state index in [0.717, 1.165) is 0 Å². The minimum absolute atomic E-state index is 1.19. The Morgan fingerprint density at radius 3 is 0.733 bits per heavy atom. The quantitative estimate of drug-likeness (QED) is 0.564. The van der Waals surface area contributed by atoms with Crippen molar-refractivity contribution < 1.29 is 0 Å². The lowest BCUT2D eigenvalue weighted by atomic mass is 10.3. The third-order valence-electron chi connectivity index (χ3n) is 2.87. The first kappa shape index (κ1) is 12.9. The molecule has 90 valence electrons. The maximum absolute atomic E-state index is 3.50. The van der Waals surface area contributed by atoms with E-state index in [9.17, 15) is 0 Å². The Balaban J connectivity index is 2.01. The lowest BCUT2D eigenvalue weighted by Gasteiger charge is -2.04. The Morgan fingerprint density at radius 1 is 0.333 bits per heavy atom. The van der Waals surface area contributed by atoms with Gasteiger partial charge in [-0.3, -0.25) is 0 Å². The molecule has 0 aliphatic carbocycles. The van der Waals surface area contributed by atoms with Gasteiger partial charge in [0.1, 0.15) is 0 Å². The lowest BCUT2D eigenvalue weighted by molar-refractivity contribution is 0.566. The van der Waals surface area contributed by atoms with Gasteiger partial charge in [-0.1, -0.05) is 0 Å². The summed E-state index contributed by atoms with van der Waals surface area (Å²) >= 11 is 0. The second-order valence-electron chi connectivity index (χ2n) is 4.37. The summed E-state index contributed by atoms with van der Waals surface area (Å²) in [6, 6.07) is 0. The Labute approximate surface area is 94.4 Å². The molecule has 3 heteroatoms. The van der Waals surface area contributed by atoms with Crippen LogP contribution in [0.15, 0.2) is 0 Å². The second kappa shape index (κ2) is 10.4. The van der Waals surface area contributed by atoms with Crippen LogP contribution in [-0.2, 0) is 0 Å². The summed E-state index contributed by atoms with van der Waals surface area (Å²) in [6.45, 7) is 7.14. The zero-order chi connectivity index (χ0) is 10.6. The van der Waals surface area contributed by atoms with Crippen molar-refractivity contribution in [1.29, 1.82) is 0 Å². The molecule has 1 saturated heterocycles. The van der Waals surface area contributed by atoms with Crippen molar-refractivity contribution in [2.24, 2.45) is 0 Å². The van der Waals surface area contributed by atoms with Crippen LogP contribution in [0.3, 0.4) is 0 Å². The van der Waals surface area contributed by atoms with Crippen LogP contribution < -0.4 is 16.0 Å². The summed E-state index contributed by atoms with van der Waals surface area (Å²) in [5.74, 6) is 0. The highest BCUT2D eigenvalue weighted by Gasteiger charge is 1.94. The largest absolute Gasteiger partial charge is 0.317 e. The summed E-state index contributed by atoms with van der Waals surface area (Å²) in [7, 11) is 0. The third kappa shape index (κ3) is 8.85. The molecule has 0 aromatic rings. The zero-order valence-corrected chi connectivity index (χ0v) is 9.99. The Kier molecular flexibility index (Phi) is 8.98. The molecule has 0 aromatic carbocycles. The predicted molar refractivity (Wildman–Crippen MR) is 66.3 cm³/mol. The minimum atomic E-state index is 1.19. The third-order valence-corrected chi connectivity index (χ3v) is 2.87. The molecule has 3 nitrogen and oxygen atoms in total. The highest BCUT2D eigenvalue weighted by atomic mass is 14.9. The summed E-state index contributed by atoms with van der Waals surface area (Å²) in [5, 5.41) is 10.5. The Hall–Kier alpha value is -0.120. The average Bonchev–Trinajstić information content (AvgIpc) is 2.27. The van der Waals surface area contributed by atoms with E-state index in [1.54, 1.807) is 0 Å². The van der Waals surface area contributed by atoms with Gasteiger partial charge in [0.15, 0.2) is 0 Å². The van der Waals surface area contributed by atoms with E-state index < -0.39 is 0 Å². The lowest BCUT2D eigenvalue weighted by Crippen LogP contribution is -2.20. The van der Waals surface area contributed by atoms with Crippen LogP contribution in [0.5, 0.6) is 0 Å². The number of hydrogen-bond acceptors (Lipinski definition) is 3. The summed E-state index contributed by atoms with van der Waals surface area (Å²) in [6.07, 6.45) is 7.86. The van der Waals surface area contributed by atoms with Gasteiger partial charge in [0, 0.05) is 0 Å². The van der Waals surface area contributed by atoms with Crippen molar-refractivity contribution >= 4 is 0 Å². The predicted octanol–water partition coefficient (Wildman–Crippen LogP) is 1.11. The van der Waals surface area contributed by atoms with E-state index in [1.165, 1.54) is 77.8 Å². The van der Waals surface area contributed by atoms with Crippen LogP contribution in [0, 0.1) is 0 Å². The van der Waals surface area contributed by atoms with Gasteiger partial charge < -0.3 is 16.0 Å². The first-order valence-electron chi connectivity index (χ1n) is 6.62. The van der Waals surface area contributed by atoms with Crippen LogP contribution in [0.1, 0.15) is 38.5 Å². The maximum atomic E-state index is 3.50. The molecule has 0 radical (unpaired) electrons. The van der Waals surface area contributed by atoms with Crippen LogP contribution in [0.4, 0.5) is 0 Å². The molecule has 1 fully saturated rings. The van der Waals surface area contributed by atoms with E-state index in [2.05, 4.69) is 16.0 Å². The highest BCUT2D eigenvalue weighted by Crippen LogP contribution is 1.91. The Bertz CT molecular complexity index is 69.4. The van der Waals surface area contributed by atoms with E-state index >= 15 is 0 Å². The van der Waals surface area contributed by atoms with Gasteiger partial charge in [-0.25, -0.2) is 0 Å². The molecule has 15 heavy (non-hydrogen) atoms. The summed E-state index contributed by atoms with van der Waals surface area (Å²) in [4.78, 5) is 0. The average molecular weight is 213 g/mol. The molecule has 0 unspecified atom stereocenters. The number of nitrogens with one attached hydrogen (secondary N) is 3. The molecule has 1 aliphatic heterocycles. The fraction of sp³-hybridized carbons (Fsp3) is 1.00. The molecule has 0 bridgehead atoms. The van der Waals surface area contributed by atoms with Gasteiger partial charge in [0.05, 0.1) is 0 Å². The summed E-state index contributed by atoms with van der Waals surface area (Å²) in [5.41, 5.74) is 0. The van der Waals surface area contributed by atoms with Crippen molar-refractivity contribution in [2.75, 3.05) is 39.3 Å². The van der Waals surface area contributed by atoms with Crippen LogP contribution in [0.25, 0.3) is 0 Å². The maximum Gasteiger partial charge on any atom is -0.00484 e. The molecule has 0 aromatic heterocycles. The Morgan fingerprint density at radius 2 is 0.533 bits per heavy atom. The van der Waals surface area contributed by atoms with Crippen molar-refractivity contribution in [1.82, 2.24) is 16.0 Å². The first-order valence-corrected chi connectivity index (χ1v) is 6.62. The molecular formula is C12H27N3.